The van der Waals surface area contributed by atoms with Crippen LogP contribution >= 0.6 is 11.8 Å². The molecule has 0 heterocycles. The van der Waals surface area contributed by atoms with Crippen LogP contribution in [0.4, 0.5) is 0 Å². The molecule has 0 bridgehead atoms. The summed E-state index contributed by atoms with van der Waals surface area (Å²) in [6.07, 6.45) is 2.36. The molecule has 0 aliphatic rings. The van der Waals surface area contributed by atoms with E-state index in [-0.39, 0.29) is 12.5 Å². The predicted molar refractivity (Wildman–Crippen MR) is 96.6 cm³/mol. The molecule has 0 aliphatic heterocycles. The van der Waals surface area contributed by atoms with Crippen molar-refractivity contribution in [1.29, 1.82) is 0 Å². The van der Waals surface area contributed by atoms with Gasteiger partial charge in [0.15, 0.2) is 0 Å². The van der Waals surface area contributed by atoms with E-state index in [0.717, 1.165) is 16.0 Å². The number of hydrogen-bond acceptors (Lipinski definition) is 3. The van der Waals surface area contributed by atoms with Crippen LogP contribution in [-0.2, 0) is 11.2 Å². The number of hydrogen-bond donors (Lipinski definition) is 2. The zero-order valence-corrected chi connectivity index (χ0v) is 14.6. The summed E-state index contributed by atoms with van der Waals surface area (Å²) in [6, 6.07) is 15.0. The van der Waals surface area contributed by atoms with Crippen LogP contribution in [-0.4, -0.2) is 29.8 Å². The first-order valence-electron chi connectivity index (χ1n) is 7.70. The van der Waals surface area contributed by atoms with E-state index in [1.165, 1.54) is 0 Å². The molecule has 126 valence electrons. The smallest absolute Gasteiger partial charge is 0.308 e. The van der Waals surface area contributed by atoms with Gasteiger partial charge in [-0.2, -0.15) is 0 Å². The van der Waals surface area contributed by atoms with E-state index in [0.29, 0.717) is 12.0 Å². The summed E-state index contributed by atoms with van der Waals surface area (Å²) in [5.41, 5.74) is 2.59. The molecule has 0 aromatic heterocycles. The summed E-state index contributed by atoms with van der Waals surface area (Å²) >= 11 is 1.60. The van der Waals surface area contributed by atoms with Gasteiger partial charge in [-0.05, 0) is 49.4 Å². The number of aliphatic carboxylic acids is 1. The fourth-order valence-electron chi connectivity index (χ4n) is 2.43. The third-order valence-electron chi connectivity index (χ3n) is 3.78. The number of rotatable bonds is 7. The van der Waals surface area contributed by atoms with Crippen molar-refractivity contribution in [3.8, 4) is 0 Å². The monoisotopic (exact) mass is 343 g/mol. The molecule has 1 amide bonds. The maximum atomic E-state index is 12.2. The summed E-state index contributed by atoms with van der Waals surface area (Å²) < 4.78 is 0. The number of carbonyl (C=O) groups excluding carboxylic acids is 1. The summed E-state index contributed by atoms with van der Waals surface area (Å²) in [5, 5.41) is 12.1. The minimum absolute atomic E-state index is 0.104. The Morgan fingerprint density at radius 3 is 2.46 bits per heavy atom. The quantitative estimate of drug-likeness (QED) is 0.756. The van der Waals surface area contributed by atoms with Gasteiger partial charge in [-0.1, -0.05) is 29.8 Å². The molecule has 0 radical (unpaired) electrons. The first kappa shape index (κ1) is 18.1. The second kappa shape index (κ2) is 8.55. The average molecular weight is 343 g/mol. The number of carbonyl (C=O) groups is 2. The molecule has 0 aliphatic carbocycles. The number of benzene rings is 2. The Hall–Kier alpha value is -2.27. The Bertz CT molecular complexity index is 713. The average Bonchev–Trinajstić information content (AvgIpc) is 2.58. The molecule has 2 aromatic carbocycles. The van der Waals surface area contributed by atoms with Crippen molar-refractivity contribution >= 4 is 23.6 Å². The molecular weight excluding hydrogens is 322 g/mol. The molecule has 2 aromatic rings. The fourth-order valence-corrected chi connectivity index (χ4v) is 2.84. The number of amides is 1. The van der Waals surface area contributed by atoms with Crippen LogP contribution in [0.2, 0.25) is 0 Å². The number of carboxylic acids is 1. The molecule has 0 spiro atoms. The Morgan fingerprint density at radius 2 is 1.88 bits per heavy atom. The van der Waals surface area contributed by atoms with Crippen molar-refractivity contribution in [2.45, 2.75) is 18.2 Å². The number of aryl methyl sites for hydroxylation is 1. The van der Waals surface area contributed by atoms with E-state index in [4.69, 9.17) is 0 Å². The van der Waals surface area contributed by atoms with Gasteiger partial charge in [0.2, 0.25) is 0 Å². The highest BCUT2D eigenvalue weighted by Crippen LogP contribution is 2.15. The lowest BCUT2D eigenvalue weighted by atomic mass is 9.98. The van der Waals surface area contributed by atoms with Gasteiger partial charge >= 0.3 is 5.97 Å². The van der Waals surface area contributed by atoms with Gasteiger partial charge in [0, 0.05) is 17.0 Å². The molecule has 0 saturated carbocycles. The fraction of sp³-hybridized carbons (Fsp3) is 0.263. The molecule has 1 atom stereocenters. The lowest BCUT2D eigenvalue weighted by Crippen LogP contribution is -2.34. The highest BCUT2D eigenvalue weighted by molar-refractivity contribution is 7.98. The van der Waals surface area contributed by atoms with Crippen LogP contribution in [0.25, 0.3) is 0 Å². The topological polar surface area (TPSA) is 66.4 Å². The van der Waals surface area contributed by atoms with Crippen LogP contribution in [0.5, 0.6) is 0 Å². The Labute approximate surface area is 146 Å². The molecule has 5 heteroatoms. The Kier molecular flexibility index (Phi) is 6.44. The number of thioether (sulfide) groups is 1. The third kappa shape index (κ3) is 5.13. The Balaban J connectivity index is 1.97. The van der Waals surface area contributed by atoms with E-state index >= 15 is 0 Å². The molecular formula is C19H21NO3S. The second-order valence-electron chi connectivity index (χ2n) is 5.67. The van der Waals surface area contributed by atoms with E-state index in [1.54, 1.807) is 23.9 Å². The standard InChI is InChI=1S/C19H21NO3S/c1-13-4-3-5-14(10-13)11-16(19(22)23)12-20-18(21)15-6-8-17(24-2)9-7-15/h3-10,16H,11-12H2,1-2H3,(H,20,21)(H,22,23). The van der Waals surface area contributed by atoms with Crippen LogP contribution in [0, 0.1) is 12.8 Å². The Morgan fingerprint density at radius 1 is 1.17 bits per heavy atom. The van der Waals surface area contributed by atoms with Crippen LogP contribution < -0.4 is 5.32 Å². The molecule has 24 heavy (non-hydrogen) atoms. The minimum Gasteiger partial charge on any atom is -0.481 e. The second-order valence-corrected chi connectivity index (χ2v) is 6.55. The summed E-state index contributed by atoms with van der Waals surface area (Å²) in [7, 11) is 0. The summed E-state index contributed by atoms with van der Waals surface area (Å²) in [4.78, 5) is 24.7. The summed E-state index contributed by atoms with van der Waals surface area (Å²) in [6.45, 7) is 2.08. The van der Waals surface area contributed by atoms with Gasteiger partial charge in [0.1, 0.15) is 0 Å². The first-order chi connectivity index (χ1) is 11.5. The van der Waals surface area contributed by atoms with Gasteiger partial charge in [0.25, 0.3) is 5.91 Å². The van der Waals surface area contributed by atoms with E-state index in [1.807, 2.05) is 49.6 Å². The lowest BCUT2D eigenvalue weighted by molar-refractivity contribution is -0.141. The molecule has 2 N–H and O–H groups in total. The third-order valence-corrected chi connectivity index (χ3v) is 4.52. The number of carboxylic acid groups (broad SMARTS) is 1. The maximum Gasteiger partial charge on any atom is 0.308 e. The lowest BCUT2D eigenvalue weighted by Gasteiger charge is -2.14. The zero-order valence-electron chi connectivity index (χ0n) is 13.8. The van der Waals surface area contributed by atoms with Gasteiger partial charge in [0.05, 0.1) is 5.92 Å². The highest BCUT2D eigenvalue weighted by Gasteiger charge is 2.19. The molecule has 0 saturated heterocycles. The van der Waals surface area contributed by atoms with Crippen LogP contribution in [0.15, 0.2) is 53.4 Å². The van der Waals surface area contributed by atoms with Gasteiger partial charge in [-0.15, -0.1) is 11.8 Å². The van der Waals surface area contributed by atoms with Gasteiger partial charge < -0.3 is 10.4 Å². The van der Waals surface area contributed by atoms with E-state index in [9.17, 15) is 14.7 Å². The molecule has 0 fully saturated rings. The molecule has 1 unspecified atom stereocenters. The minimum atomic E-state index is -0.908. The van der Waals surface area contributed by atoms with E-state index in [2.05, 4.69) is 5.32 Å². The van der Waals surface area contributed by atoms with Gasteiger partial charge in [-0.25, -0.2) is 0 Å². The normalized spacial score (nSPS) is 11.8. The van der Waals surface area contributed by atoms with E-state index < -0.39 is 11.9 Å². The maximum absolute atomic E-state index is 12.2. The largest absolute Gasteiger partial charge is 0.481 e. The van der Waals surface area contributed by atoms with Crippen molar-refractivity contribution in [1.82, 2.24) is 5.32 Å². The van der Waals surface area contributed by atoms with Crippen molar-refractivity contribution in [2.75, 3.05) is 12.8 Å². The van der Waals surface area contributed by atoms with Crippen molar-refractivity contribution < 1.29 is 14.7 Å². The van der Waals surface area contributed by atoms with Crippen LogP contribution in [0.3, 0.4) is 0 Å². The van der Waals surface area contributed by atoms with Crippen molar-refractivity contribution in [3.63, 3.8) is 0 Å². The van der Waals surface area contributed by atoms with Crippen molar-refractivity contribution in [3.05, 3.63) is 65.2 Å². The SMILES string of the molecule is CSc1ccc(C(=O)NCC(Cc2cccc(C)c2)C(=O)O)cc1. The molecule has 4 nitrogen and oxygen atoms in total. The van der Waals surface area contributed by atoms with Crippen molar-refractivity contribution in [2.24, 2.45) is 5.92 Å². The zero-order chi connectivity index (χ0) is 17.5. The summed E-state index contributed by atoms with van der Waals surface area (Å²) in [5.74, 6) is -1.81. The highest BCUT2D eigenvalue weighted by atomic mass is 32.2. The molecule has 2 rings (SSSR count). The number of nitrogens with one attached hydrogen (secondary N) is 1. The van der Waals surface area contributed by atoms with Gasteiger partial charge in [-0.3, -0.25) is 9.59 Å². The first-order valence-corrected chi connectivity index (χ1v) is 8.92. The predicted octanol–water partition coefficient (Wildman–Crippen LogP) is 3.39. The van der Waals surface area contributed by atoms with Crippen LogP contribution in [0.1, 0.15) is 21.5 Å².